The number of rotatable bonds is 5. The minimum atomic E-state index is -0.396. The summed E-state index contributed by atoms with van der Waals surface area (Å²) in [5, 5.41) is 2.96. The van der Waals surface area contributed by atoms with E-state index in [1.165, 1.54) is 62.0 Å². The van der Waals surface area contributed by atoms with Crippen LogP contribution < -0.4 is 10.6 Å². The number of hydrogen-bond acceptors (Lipinski definition) is 1. The van der Waals surface area contributed by atoms with Crippen LogP contribution in [0.3, 0.4) is 0 Å². The normalized spacial score (nSPS) is 18.4. The van der Waals surface area contributed by atoms with E-state index in [-0.39, 0.29) is 17.1 Å². The van der Waals surface area contributed by atoms with E-state index in [2.05, 4.69) is 86.6 Å². The molecule has 1 nitrogen and oxygen atoms in total. The molecule has 158 valence electrons. The summed E-state index contributed by atoms with van der Waals surface area (Å²) >= 11 is 0. The van der Waals surface area contributed by atoms with Gasteiger partial charge in [-0.3, -0.25) is 0 Å². The van der Waals surface area contributed by atoms with Gasteiger partial charge in [0.25, 0.3) is 0 Å². The Morgan fingerprint density at radius 3 is 1.55 bits per heavy atom. The second-order valence-corrected chi connectivity index (χ2v) is 10.5. The van der Waals surface area contributed by atoms with E-state index in [9.17, 15) is 0 Å². The molecule has 0 aliphatic heterocycles. The maximum Gasteiger partial charge on any atom is 0.0171 e. The van der Waals surface area contributed by atoms with Crippen LogP contribution in [-0.2, 0) is 17.1 Å². The van der Waals surface area contributed by atoms with E-state index in [4.69, 9.17) is 0 Å². The Kier molecular flexibility index (Phi) is 11.0. The first-order valence-corrected chi connectivity index (χ1v) is 12.3. The summed E-state index contributed by atoms with van der Waals surface area (Å²) in [6.07, 6.45) is 11.3. The summed E-state index contributed by atoms with van der Waals surface area (Å²) in [6, 6.07) is 22.7. The Hall–Kier alpha value is -0.651. The van der Waals surface area contributed by atoms with Gasteiger partial charge in [-0.25, -0.2) is 0 Å². The van der Waals surface area contributed by atoms with Crippen LogP contribution >= 0.6 is 7.92 Å². The molecule has 3 heteroatoms. The maximum atomic E-state index is 2.35. The fraction of sp³-hybridized carbons (Fsp3) is 0.462. The molecule has 29 heavy (non-hydrogen) atoms. The van der Waals surface area contributed by atoms with E-state index in [0.29, 0.717) is 6.04 Å². The maximum absolute atomic E-state index is 2.35. The van der Waals surface area contributed by atoms with Crippen LogP contribution in [0.15, 0.2) is 60.7 Å². The van der Waals surface area contributed by atoms with Gasteiger partial charge in [0, 0.05) is 34.7 Å². The van der Waals surface area contributed by atoms with Crippen molar-refractivity contribution in [3.8, 4) is 0 Å². The molecule has 2 aromatic carbocycles. The van der Waals surface area contributed by atoms with Gasteiger partial charge in [-0.15, -0.1) is 0 Å². The van der Waals surface area contributed by atoms with Gasteiger partial charge in [-0.1, -0.05) is 99.2 Å². The average molecular weight is 449 g/mol. The third-order valence-corrected chi connectivity index (χ3v) is 8.74. The van der Waals surface area contributed by atoms with Crippen molar-refractivity contribution < 1.29 is 17.1 Å². The van der Waals surface area contributed by atoms with Gasteiger partial charge in [0.05, 0.1) is 0 Å². The first-order chi connectivity index (χ1) is 13.7. The first kappa shape index (κ1) is 24.6. The molecule has 2 aliphatic rings. The van der Waals surface area contributed by atoms with Gasteiger partial charge in [0.2, 0.25) is 0 Å². The SMILES string of the molecule is C1CCCC1.C[C@H]([C]1CCC[C]1P(c1ccccc1)c1ccccc1)N(C)C.[Fe]. The van der Waals surface area contributed by atoms with Crippen molar-refractivity contribution in [1.29, 1.82) is 0 Å². The molecule has 2 radical (unpaired) electrons. The smallest absolute Gasteiger partial charge is 0.0171 e. The summed E-state index contributed by atoms with van der Waals surface area (Å²) in [6.45, 7) is 2.35. The zero-order valence-electron chi connectivity index (χ0n) is 18.3. The molecule has 0 aromatic heterocycles. The first-order valence-electron chi connectivity index (χ1n) is 11.0. The van der Waals surface area contributed by atoms with E-state index >= 15 is 0 Å². The molecule has 2 aromatic rings. The van der Waals surface area contributed by atoms with Crippen LogP contribution in [-0.4, -0.2) is 25.0 Å². The Bertz CT molecular complexity index is 625. The molecule has 4 rings (SSSR count). The van der Waals surface area contributed by atoms with Gasteiger partial charge in [-0.05, 0) is 52.4 Å². The van der Waals surface area contributed by atoms with Gasteiger partial charge in [0.15, 0.2) is 0 Å². The number of hydrogen-bond donors (Lipinski definition) is 0. The fourth-order valence-electron chi connectivity index (χ4n) is 4.27. The van der Waals surface area contributed by atoms with Crippen molar-refractivity contribution in [2.45, 2.75) is 64.3 Å². The van der Waals surface area contributed by atoms with E-state index in [0.717, 1.165) is 0 Å². The minimum Gasteiger partial charge on any atom is -0.306 e. The predicted octanol–water partition coefficient (Wildman–Crippen LogP) is 6.31. The van der Waals surface area contributed by atoms with Gasteiger partial charge < -0.3 is 4.90 Å². The van der Waals surface area contributed by atoms with E-state index in [1.54, 1.807) is 11.6 Å². The molecule has 0 unspecified atom stereocenters. The molecule has 0 spiro atoms. The summed E-state index contributed by atoms with van der Waals surface area (Å²) in [5.41, 5.74) is 1.71. The molecule has 2 aliphatic carbocycles. The monoisotopic (exact) mass is 449 g/mol. The molecule has 0 amide bonds. The number of benzene rings is 2. The van der Waals surface area contributed by atoms with Crippen LogP contribution in [0.4, 0.5) is 0 Å². The summed E-state index contributed by atoms with van der Waals surface area (Å²) in [5.74, 6) is 1.67. The molecule has 2 saturated carbocycles. The van der Waals surface area contributed by atoms with Gasteiger partial charge in [0.1, 0.15) is 0 Å². The summed E-state index contributed by atoms with van der Waals surface area (Å²) < 4.78 is 0. The molecule has 0 heterocycles. The third kappa shape index (κ3) is 6.93. The van der Waals surface area contributed by atoms with Gasteiger partial charge >= 0.3 is 0 Å². The molecular formula is C26H36FeNP. The standard InChI is InChI=1S/C21H26NP.C5H10.Fe/c1-17(22(2)3)20-15-10-16-21(20)23(18-11-6-4-7-12-18)19-13-8-5-9-14-19;1-2-4-5-3-1;/h4-9,11-14,17H,10,15-16H2,1-3H3;1-5H2;/t17-;;/m1../s1. The Labute approximate surface area is 190 Å². The second-order valence-electron chi connectivity index (χ2n) is 8.24. The van der Waals surface area contributed by atoms with Crippen molar-refractivity contribution >= 4 is 18.5 Å². The van der Waals surface area contributed by atoms with Crippen LogP contribution in [0.2, 0.25) is 0 Å². The van der Waals surface area contributed by atoms with E-state index in [1.807, 2.05) is 0 Å². The van der Waals surface area contributed by atoms with Crippen LogP contribution in [0.1, 0.15) is 58.3 Å². The van der Waals surface area contributed by atoms with Crippen molar-refractivity contribution in [3.05, 3.63) is 72.2 Å². The van der Waals surface area contributed by atoms with Gasteiger partial charge in [-0.2, -0.15) is 0 Å². The molecule has 0 bridgehead atoms. The molecule has 0 N–H and O–H groups in total. The predicted molar refractivity (Wildman–Crippen MR) is 126 cm³/mol. The zero-order chi connectivity index (χ0) is 19.8. The summed E-state index contributed by atoms with van der Waals surface area (Å²) in [7, 11) is 4.00. The number of nitrogens with zero attached hydrogens (tertiary/aromatic N) is 1. The zero-order valence-corrected chi connectivity index (χ0v) is 20.3. The molecular weight excluding hydrogens is 413 g/mol. The average Bonchev–Trinajstić information content (AvgIpc) is 3.45. The Morgan fingerprint density at radius 2 is 1.14 bits per heavy atom. The van der Waals surface area contributed by atoms with Crippen LogP contribution in [0, 0.1) is 11.6 Å². The second kappa shape index (κ2) is 12.9. The largest absolute Gasteiger partial charge is 0.306 e. The molecule has 1 atom stereocenters. The summed E-state index contributed by atoms with van der Waals surface area (Å²) in [4.78, 5) is 2.35. The van der Waals surface area contributed by atoms with Crippen molar-refractivity contribution in [2.24, 2.45) is 0 Å². The van der Waals surface area contributed by atoms with Crippen molar-refractivity contribution in [1.82, 2.24) is 4.90 Å². The molecule has 2 fully saturated rings. The third-order valence-electron chi connectivity index (χ3n) is 6.06. The van der Waals surface area contributed by atoms with Crippen molar-refractivity contribution in [2.75, 3.05) is 14.1 Å². The van der Waals surface area contributed by atoms with Crippen molar-refractivity contribution in [3.63, 3.8) is 0 Å². The Morgan fingerprint density at radius 1 is 0.690 bits per heavy atom. The topological polar surface area (TPSA) is 3.24 Å². The fourth-order valence-corrected chi connectivity index (χ4v) is 7.10. The molecule has 0 saturated heterocycles. The Balaban J connectivity index is 0.000000437. The minimum absolute atomic E-state index is 0. The quantitative estimate of drug-likeness (QED) is 0.382. The van der Waals surface area contributed by atoms with E-state index < -0.39 is 7.92 Å². The van der Waals surface area contributed by atoms with Crippen LogP contribution in [0.25, 0.3) is 0 Å². The van der Waals surface area contributed by atoms with Crippen LogP contribution in [0.5, 0.6) is 0 Å².